The van der Waals surface area contributed by atoms with E-state index in [0.29, 0.717) is 47.8 Å². The number of unbranched alkanes of at least 4 members (excludes halogenated alkanes) is 1. The first-order valence-electron chi connectivity index (χ1n) is 13.3. The number of rotatable bonds is 11. The van der Waals surface area contributed by atoms with Gasteiger partial charge in [-0.2, -0.15) is 4.98 Å². The Hall–Kier alpha value is -2.77. The fourth-order valence-corrected chi connectivity index (χ4v) is 5.39. The minimum atomic E-state index is -0.513. The molecule has 0 aromatic carbocycles. The molecule has 8 nitrogen and oxygen atoms in total. The number of hydrogen-bond donors (Lipinski definition) is 1. The second kappa shape index (κ2) is 12.3. The van der Waals surface area contributed by atoms with Crippen LogP contribution in [0.25, 0.3) is 11.1 Å². The predicted molar refractivity (Wildman–Crippen MR) is 135 cm³/mol. The molecule has 2 heterocycles. The topological polar surface area (TPSA) is 115 Å². The molecule has 0 bridgehead atoms. The molecule has 2 aliphatic carbocycles. The van der Waals surface area contributed by atoms with Crippen LogP contribution in [0.2, 0.25) is 0 Å². The molecule has 0 aliphatic heterocycles. The van der Waals surface area contributed by atoms with Crippen molar-refractivity contribution in [3.63, 3.8) is 0 Å². The molecular formula is C27H37N3O5. The Morgan fingerprint density at radius 1 is 1.11 bits per heavy atom. The zero-order valence-electron chi connectivity index (χ0n) is 20.8. The van der Waals surface area contributed by atoms with E-state index >= 15 is 0 Å². The van der Waals surface area contributed by atoms with Crippen LogP contribution < -0.4 is 16.0 Å². The Bertz CT molecular complexity index is 1150. The molecule has 2 aromatic heterocycles. The molecule has 4 rings (SSSR count). The van der Waals surface area contributed by atoms with Gasteiger partial charge in [0.15, 0.2) is 0 Å². The lowest BCUT2D eigenvalue weighted by Crippen LogP contribution is -2.17. The van der Waals surface area contributed by atoms with E-state index in [9.17, 15) is 14.4 Å². The first-order chi connectivity index (χ1) is 17.0. The summed E-state index contributed by atoms with van der Waals surface area (Å²) in [6.07, 6.45) is 14.4. The number of carbonyl (C=O) groups excluding carboxylic acids is 1. The number of nitrogens with zero attached hydrogens (tertiary/aromatic N) is 2. The van der Waals surface area contributed by atoms with Crippen molar-refractivity contribution in [1.29, 1.82) is 0 Å². The highest BCUT2D eigenvalue weighted by molar-refractivity contribution is 5.84. The number of H-pyrrole nitrogens is 1. The maximum atomic E-state index is 12.8. The van der Waals surface area contributed by atoms with Crippen molar-refractivity contribution in [3.8, 4) is 6.01 Å². The second-order valence-electron chi connectivity index (χ2n) is 10.2. The SMILES string of the molecule is CCCCC(=O)CCC1CCC(=NOc2nc3oc(=O)cc(CCC4CCCC4)c3c(=O)[nH]2)CC1. The Balaban J connectivity index is 1.35. The van der Waals surface area contributed by atoms with Gasteiger partial charge in [-0.05, 0) is 68.8 Å². The van der Waals surface area contributed by atoms with Crippen LogP contribution in [0.1, 0.15) is 102 Å². The number of aromatic amines is 1. The molecule has 1 N–H and O–H groups in total. The zero-order chi connectivity index (χ0) is 24.6. The second-order valence-corrected chi connectivity index (χ2v) is 10.2. The van der Waals surface area contributed by atoms with Crippen LogP contribution in [-0.4, -0.2) is 21.5 Å². The van der Waals surface area contributed by atoms with Crippen molar-refractivity contribution in [1.82, 2.24) is 9.97 Å². The number of nitrogens with one attached hydrogen (secondary N) is 1. The maximum Gasteiger partial charge on any atom is 0.337 e. The smallest absolute Gasteiger partial charge is 0.337 e. The molecule has 2 fully saturated rings. The molecule has 2 aromatic rings. The van der Waals surface area contributed by atoms with Crippen molar-refractivity contribution in [2.75, 3.05) is 0 Å². The van der Waals surface area contributed by atoms with E-state index in [4.69, 9.17) is 9.25 Å². The van der Waals surface area contributed by atoms with Crippen LogP contribution in [0, 0.1) is 11.8 Å². The summed E-state index contributed by atoms with van der Waals surface area (Å²) in [7, 11) is 0. The number of carbonyl (C=O) groups is 1. The highest BCUT2D eigenvalue weighted by Gasteiger charge is 2.20. The van der Waals surface area contributed by atoms with Crippen molar-refractivity contribution in [3.05, 3.63) is 32.4 Å². The summed E-state index contributed by atoms with van der Waals surface area (Å²) >= 11 is 0. The van der Waals surface area contributed by atoms with Crippen molar-refractivity contribution in [2.24, 2.45) is 17.0 Å². The molecule has 8 heteroatoms. The third kappa shape index (κ3) is 7.12. The summed E-state index contributed by atoms with van der Waals surface area (Å²) in [5.74, 6) is 1.56. The Morgan fingerprint density at radius 2 is 1.86 bits per heavy atom. The molecule has 35 heavy (non-hydrogen) atoms. The van der Waals surface area contributed by atoms with Crippen LogP contribution in [0.4, 0.5) is 0 Å². The van der Waals surface area contributed by atoms with Crippen LogP contribution >= 0.6 is 0 Å². The van der Waals surface area contributed by atoms with Gasteiger partial charge in [0.05, 0.1) is 5.71 Å². The Kier molecular flexibility index (Phi) is 8.88. The summed E-state index contributed by atoms with van der Waals surface area (Å²) in [6, 6.07) is 1.33. The summed E-state index contributed by atoms with van der Waals surface area (Å²) < 4.78 is 5.23. The monoisotopic (exact) mass is 483 g/mol. The number of hydrogen-bond acceptors (Lipinski definition) is 7. The Morgan fingerprint density at radius 3 is 2.60 bits per heavy atom. The van der Waals surface area contributed by atoms with Gasteiger partial charge in [-0.15, -0.1) is 0 Å². The van der Waals surface area contributed by atoms with E-state index in [0.717, 1.165) is 57.1 Å². The van der Waals surface area contributed by atoms with Gasteiger partial charge in [0, 0.05) is 18.9 Å². The number of ketones is 1. The third-order valence-corrected chi connectivity index (χ3v) is 7.56. The molecule has 2 saturated carbocycles. The van der Waals surface area contributed by atoms with Crippen LogP contribution in [0.3, 0.4) is 0 Å². The van der Waals surface area contributed by atoms with Gasteiger partial charge in [0.25, 0.3) is 5.56 Å². The van der Waals surface area contributed by atoms with Gasteiger partial charge in [0.2, 0.25) is 5.71 Å². The van der Waals surface area contributed by atoms with Gasteiger partial charge >= 0.3 is 11.6 Å². The molecule has 2 aliphatic rings. The first-order valence-corrected chi connectivity index (χ1v) is 13.3. The lowest BCUT2D eigenvalue weighted by molar-refractivity contribution is -0.119. The van der Waals surface area contributed by atoms with E-state index in [-0.39, 0.29) is 17.3 Å². The Labute approximate surface area is 205 Å². The van der Waals surface area contributed by atoms with E-state index in [1.54, 1.807) is 0 Å². The molecule has 0 atom stereocenters. The predicted octanol–water partition coefficient (Wildman–Crippen LogP) is 5.46. The largest absolute Gasteiger partial charge is 0.403 e. The van der Waals surface area contributed by atoms with Crippen molar-refractivity contribution < 1.29 is 14.0 Å². The number of Topliss-reactive ketones (excluding diaryl/α,β-unsaturated/α-hetero) is 1. The summed E-state index contributed by atoms with van der Waals surface area (Å²) in [6.45, 7) is 2.10. The molecular weight excluding hydrogens is 446 g/mol. The molecule has 0 unspecified atom stereocenters. The number of fused-ring (bicyclic) bond motifs is 1. The van der Waals surface area contributed by atoms with Crippen molar-refractivity contribution in [2.45, 2.75) is 103 Å². The summed E-state index contributed by atoms with van der Waals surface area (Å²) in [4.78, 5) is 49.1. The van der Waals surface area contributed by atoms with E-state index in [2.05, 4.69) is 22.0 Å². The highest BCUT2D eigenvalue weighted by atomic mass is 16.6. The van der Waals surface area contributed by atoms with Gasteiger partial charge in [0.1, 0.15) is 11.2 Å². The quantitative estimate of drug-likeness (QED) is 0.424. The summed E-state index contributed by atoms with van der Waals surface area (Å²) in [5.41, 5.74) is 0.691. The zero-order valence-corrected chi connectivity index (χ0v) is 20.8. The molecule has 190 valence electrons. The summed E-state index contributed by atoms with van der Waals surface area (Å²) in [5, 5.41) is 4.52. The minimum absolute atomic E-state index is 0.00526. The van der Waals surface area contributed by atoms with Gasteiger partial charge in [-0.1, -0.05) is 44.2 Å². The third-order valence-electron chi connectivity index (χ3n) is 7.56. The standard InChI is InChI=1S/C27H37N3O5/c1-2-3-8-22(31)16-12-19-10-14-21(15-11-19)30-35-27-28-25(33)24-20(13-9-18-6-4-5-7-18)17-23(32)34-26(24)29-27/h17-19H,2-16H2,1H3,(H,28,29,33). The van der Waals surface area contributed by atoms with Gasteiger partial charge in [-0.25, -0.2) is 4.79 Å². The van der Waals surface area contributed by atoms with E-state index in [1.165, 1.54) is 31.7 Å². The molecule has 0 amide bonds. The first kappa shape index (κ1) is 25.3. The molecule has 0 saturated heterocycles. The fraction of sp³-hybridized carbons (Fsp3) is 0.667. The number of oxime groups is 1. The maximum absolute atomic E-state index is 12.8. The van der Waals surface area contributed by atoms with E-state index in [1.807, 2.05) is 0 Å². The average Bonchev–Trinajstić information content (AvgIpc) is 3.37. The van der Waals surface area contributed by atoms with Crippen LogP contribution in [0.5, 0.6) is 6.01 Å². The normalized spacial score (nSPS) is 18.8. The molecule has 0 spiro atoms. The van der Waals surface area contributed by atoms with Crippen LogP contribution in [-0.2, 0) is 11.2 Å². The number of aromatic nitrogens is 2. The average molecular weight is 484 g/mol. The minimum Gasteiger partial charge on any atom is -0.403 e. The van der Waals surface area contributed by atoms with Gasteiger partial charge in [-0.3, -0.25) is 14.6 Å². The number of aryl methyl sites for hydroxylation is 1. The van der Waals surface area contributed by atoms with E-state index < -0.39 is 5.63 Å². The molecule has 0 radical (unpaired) electrons. The lowest BCUT2D eigenvalue weighted by Gasteiger charge is -2.22. The van der Waals surface area contributed by atoms with Crippen LogP contribution in [0.15, 0.2) is 25.2 Å². The fourth-order valence-electron chi connectivity index (χ4n) is 5.39. The van der Waals surface area contributed by atoms with Gasteiger partial charge < -0.3 is 9.25 Å². The highest BCUT2D eigenvalue weighted by Crippen LogP contribution is 2.29. The van der Waals surface area contributed by atoms with Crippen molar-refractivity contribution >= 4 is 22.6 Å². The lowest BCUT2D eigenvalue weighted by atomic mass is 9.84.